The van der Waals surface area contributed by atoms with E-state index in [-0.39, 0.29) is 24.7 Å². The molecule has 1 heterocycles. The van der Waals surface area contributed by atoms with Gasteiger partial charge in [-0.25, -0.2) is 4.57 Å². The van der Waals surface area contributed by atoms with Crippen molar-refractivity contribution in [1.82, 2.24) is 0 Å². The van der Waals surface area contributed by atoms with Crippen molar-refractivity contribution in [1.29, 1.82) is 0 Å². The lowest BCUT2D eigenvalue weighted by molar-refractivity contribution is 0.102. The monoisotopic (exact) mass is 393 g/mol. The van der Waals surface area contributed by atoms with Gasteiger partial charge in [-0.05, 0) is 49.5 Å². The lowest BCUT2D eigenvalue weighted by atomic mass is 10.1. The first-order valence-electron chi connectivity index (χ1n) is 8.30. The molecule has 0 unspecified atom stereocenters. The number of Topliss-reactive ketones (excluding diaryl/α,β-unsaturated/α-hetero) is 1. The number of ketones is 1. The van der Waals surface area contributed by atoms with Crippen LogP contribution in [0, 0.1) is 0 Å². The molecule has 138 valence electrons. The highest BCUT2D eigenvalue weighted by atomic mass is 32.7. The summed E-state index contributed by atoms with van der Waals surface area (Å²) in [7, 11) is 0. The van der Waals surface area contributed by atoms with Crippen LogP contribution in [0.1, 0.15) is 24.2 Å². The van der Waals surface area contributed by atoms with Crippen LogP contribution >= 0.6 is 18.2 Å². The molecule has 1 aliphatic rings. The van der Waals surface area contributed by atoms with E-state index in [0.29, 0.717) is 22.7 Å². The molecule has 6 nitrogen and oxygen atoms in total. The van der Waals surface area contributed by atoms with Crippen molar-refractivity contribution in [2.45, 2.75) is 13.8 Å². The zero-order chi connectivity index (χ0) is 18.6. The van der Waals surface area contributed by atoms with Gasteiger partial charge in [0.2, 0.25) is 0 Å². The van der Waals surface area contributed by atoms with Crippen molar-refractivity contribution in [3.05, 3.63) is 48.0 Å². The smallest absolute Gasteiger partial charge is 0.389 e. The minimum absolute atomic E-state index is 0.0168. The van der Waals surface area contributed by atoms with Gasteiger partial charge in [0.25, 0.3) is 0 Å². The van der Waals surface area contributed by atoms with Crippen LogP contribution in [0.3, 0.4) is 0 Å². The normalized spacial score (nSPS) is 12.5. The summed E-state index contributed by atoms with van der Waals surface area (Å²) < 4.78 is 28.8. The number of ether oxygens (including phenoxy) is 1. The zero-order valence-electron chi connectivity index (χ0n) is 14.6. The third kappa shape index (κ3) is 4.13. The molecule has 2 aromatic carbocycles. The van der Waals surface area contributed by atoms with Crippen LogP contribution in [0.4, 0.5) is 11.4 Å². The largest absolute Gasteiger partial charge is 0.453 e. The maximum atomic E-state index is 12.7. The van der Waals surface area contributed by atoms with Crippen molar-refractivity contribution in [3.8, 4) is 11.5 Å². The minimum Gasteiger partial charge on any atom is -0.453 e. The molecule has 0 saturated carbocycles. The van der Waals surface area contributed by atoms with Gasteiger partial charge in [-0.3, -0.25) is 4.79 Å². The Hall–Kier alpha value is -1.79. The van der Waals surface area contributed by atoms with Crippen molar-refractivity contribution in [3.63, 3.8) is 0 Å². The summed E-state index contributed by atoms with van der Waals surface area (Å²) in [6, 6.07) is 12.8. The molecule has 0 saturated heterocycles. The van der Waals surface area contributed by atoms with Crippen LogP contribution in [0.25, 0.3) is 0 Å². The summed E-state index contributed by atoms with van der Waals surface area (Å²) >= 11 is 0.905. The molecule has 0 spiro atoms. The van der Waals surface area contributed by atoms with E-state index in [4.69, 9.17) is 13.8 Å². The highest BCUT2D eigenvalue weighted by Gasteiger charge is 2.28. The Bertz CT molecular complexity index is 847. The predicted molar refractivity (Wildman–Crippen MR) is 104 cm³/mol. The van der Waals surface area contributed by atoms with E-state index in [1.54, 1.807) is 32.0 Å². The van der Waals surface area contributed by atoms with E-state index in [0.717, 1.165) is 17.1 Å². The highest BCUT2D eigenvalue weighted by Crippen LogP contribution is 2.60. The molecule has 26 heavy (non-hydrogen) atoms. The van der Waals surface area contributed by atoms with Gasteiger partial charge >= 0.3 is 6.80 Å². The molecule has 3 rings (SSSR count). The maximum absolute atomic E-state index is 12.7. The molecule has 8 heteroatoms. The Balaban J connectivity index is 1.79. The Kier molecular flexibility index (Phi) is 6.04. The topological polar surface area (TPSA) is 73.9 Å². The van der Waals surface area contributed by atoms with E-state index >= 15 is 0 Å². The number of anilines is 2. The Morgan fingerprint density at radius 2 is 1.77 bits per heavy atom. The summed E-state index contributed by atoms with van der Waals surface area (Å²) in [4.78, 5) is 12.7. The van der Waals surface area contributed by atoms with Gasteiger partial charge in [0.15, 0.2) is 17.3 Å². The average molecular weight is 393 g/mol. The van der Waals surface area contributed by atoms with Gasteiger partial charge in [-0.2, -0.15) is 0 Å². The van der Waals surface area contributed by atoms with Crippen LogP contribution in [-0.4, -0.2) is 24.7 Å². The lowest BCUT2D eigenvalue weighted by Gasteiger charge is -2.23. The molecule has 1 N–H and O–H groups in total. The fourth-order valence-electron chi connectivity index (χ4n) is 2.53. The fraction of sp³-hybridized carbons (Fsp3) is 0.278. The van der Waals surface area contributed by atoms with Crippen LogP contribution in [-0.2, 0) is 13.6 Å². The Morgan fingerprint density at radius 1 is 1.08 bits per heavy atom. The number of benzene rings is 2. The maximum Gasteiger partial charge on any atom is 0.389 e. The lowest BCUT2D eigenvalue weighted by Crippen LogP contribution is -2.11. The van der Waals surface area contributed by atoms with E-state index in [1.807, 2.05) is 24.3 Å². The summed E-state index contributed by atoms with van der Waals surface area (Å²) in [6.45, 7) is 0.653. The van der Waals surface area contributed by atoms with Gasteiger partial charge in [0.05, 0.1) is 30.3 Å². The van der Waals surface area contributed by atoms with Crippen molar-refractivity contribution in [2.24, 2.45) is 0 Å². The number of para-hydroxylation sites is 3. The van der Waals surface area contributed by atoms with Crippen LogP contribution < -0.4 is 10.1 Å². The van der Waals surface area contributed by atoms with E-state index in [1.165, 1.54) is 0 Å². The second-order valence-electron chi connectivity index (χ2n) is 5.38. The Morgan fingerprint density at radius 3 is 2.50 bits per heavy atom. The standard InChI is InChI=1S/C18H20NO5PS/c1-3-22-25(21,23-4-2)26-12-15(20)13-8-7-11-17-18(13)19-14-9-5-6-10-16(14)24-17/h5-11,19H,3-4,12H2,1-2H3. The number of fused-ring (bicyclic) bond motifs is 2. The van der Waals surface area contributed by atoms with Gasteiger partial charge < -0.3 is 19.1 Å². The fourth-order valence-corrected chi connectivity index (χ4v) is 5.73. The molecule has 0 aromatic heterocycles. The SMILES string of the molecule is CCOP(=O)(OCC)SCC(=O)c1cccc2c1Nc1ccccc1O2. The average Bonchev–Trinajstić information content (AvgIpc) is 2.64. The van der Waals surface area contributed by atoms with Gasteiger partial charge in [-0.1, -0.05) is 18.2 Å². The van der Waals surface area contributed by atoms with E-state index in [2.05, 4.69) is 5.32 Å². The Labute approximate surface area is 156 Å². The first-order valence-corrected chi connectivity index (χ1v) is 11.4. The molecule has 2 aromatic rings. The number of nitrogens with one attached hydrogen (secondary N) is 1. The molecule has 1 aliphatic heterocycles. The first kappa shape index (κ1) is 19.0. The third-order valence-corrected chi connectivity index (χ3v) is 7.45. The number of carbonyl (C=O) groups is 1. The second kappa shape index (κ2) is 8.27. The highest BCUT2D eigenvalue weighted by molar-refractivity contribution is 8.55. The molecule has 0 bridgehead atoms. The van der Waals surface area contributed by atoms with Gasteiger partial charge in [0, 0.05) is 5.56 Å². The van der Waals surface area contributed by atoms with Crippen molar-refractivity contribution < 1.29 is 23.1 Å². The van der Waals surface area contributed by atoms with Crippen molar-refractivity contribution >= 4 is 35.3 Å². The van der Waals surface area contributed by atoms with Crippen molar-refractivity contribution in [2.75, 3.05) is 24.3 Å². The molecule has 0 atom stereocenters. The van der Waals surface area contributed by atoms with E-state index < -0.39 is 6.80 Å². The molecule has 0 fully saturated rings. The third-order valence-electron chi connectivity index (χ3n) is 3.62. The summed E-state index contributed by atoms with van der Waals surface area (Å²) in [5.74, 6) is 1.09. The summed E-state index contributed by atoms with van der Waals surface area (Å²) in [5, 5.41) is 3.25. The zero-order valence-corrected chi connectivity index (χ0v) is 16.3. The molecular weight excluding hydrogens is 373 g/mol. The van der Waals surface area contributed by atoms with E-state index in [9.17, 15) is 9.36 Å². The number of hydrogen-bond donors (Lipinski definition) is 1. The molecule has 0 amide bonds. The number of rotatable bonds is 8. The molecule has 0 radical (unpaired) electrons. The minimum atomic E-state index is -3.33. The second-order valence-corrected chi connectivity index (χ2v) is 9.46. The number of carbonyl (C=O) groups excluding carboxylic acids is 1. The molecular formula is C18H20NO5PS. The quantitative estimate of drug-likeness (QED) is 0.392. The molecule has 0 aliphatic carbocycles. The predicted octanol–water partition coefficient (Wildman–Crippen LogP) is 5.63. The number of hydrogen-bond acceptors (Lipinski definition) is 7. The first-order chi connectivity index (χ1) is 12.6. The van der Waals surface area contributed by atoms with Gasteiger partial charge in [0.1, 0.15) is 0 Å². The summed E-state index contributed by atoms with van der Waals surface area (Å²) in [6.07, 6.45) is 0. The van der Waals surface area contributed by atoms with Crippen LogP contribution in [0.5, 0.6) is 11.5 Å². The summed E-state index contributed by atoms with van der Waals surface area (Å²) in [5.41, 5.74) is 1.88. The van der Waals surface area contributed by atoms with Crippen LogP contribution in [0.15, 0.2) is 42.5 Å². The van der Waals surface area contributed by atoms with Gasteiger partial charge in [-0.15, -0.1) is 0 Å². The van der Waals surface area contributed by atoms with Crippen LogP contribution in [0.2, 0.25) is 0 Å².